The maximum absolute atomic E-state index is 13.6. The van der Waals surface area contributed by atoms with Gasteiger partial charge in [0, 0.05) is 10.5 Å². The van der Waals surface area contributed by atoms with Gasteiger partial charge in [-0.1, -0.05) is 6.07 Å². The van der Waals surface area contributed by atoms with E-state index in [2.05, 4.69) is 4.98 Å². The van der Waals surface area contributed by atoms with Crippen molar-refractivity contribution in [2.24, 2.45) is 0 Å². The van der Waals surface area contributed by atoms with E-state index in [1.807, 2.05) is 6.92 Å². The fraction of sp³-hybridized carbons (Fsp3) is 0.250. The number of halogens is 1. The molecule has 0 radical (unpaired) electrons. The molecule has 0 amide bonds. The predicted molar refractivity (Wildman–Crippen MR) is 62.4 cm³/mol. The van der Waals surface area contributed by atoms with Crippen LogP contribution in [0.3, 0.4) is 0 Å². The quantitative estimate of drug-likeness (QED) is 0.911. The number of oxazole rings is 1. The minimum absolute atomic E-state index is 0.272. The molecule has 0 aliphatic heterocycles. The first-order chi connectivity index (χ1) is 8.08. The van der Waals surface area contributed by atoms with E-state index >= 15 is 0 Å². The van der Waals surface area contributed by atoms with Crippen LogP contribution in [0.5, 0.6) is 0 Å². The molecule has 1 aromatic heterocycles. The van der Waals surface area contributed by atoms with Gasteiger partial charge in [0.15, 0.2) is 0 Å². The third-order valence-electron chi connectivity index (χ3n) is 2.23. The minimum atomic E-state index is -0.866. The summed E-state index contributed by atoms with van der Waals surface area (Å²) in [6.45, 7) is 3.35. The number of benzene rings is 1. The lowest BCUT2D eigenvalue weighted by atomic mass is 10.1. The van der Waals surface area contributed by atoms with Crippen LogP contribution in [0.2, 0.25) is 0 Å². The Hall–Kier alpha value is -1.33. The van der Waals surface area contributed by atoms with Crippen molar-refractivity contribution in [2.75, 3.05) is 0 Å². The first kappa shape index (κ1) is 12.1. The van der Waals surface area contributed by atoms with Gasteiger partial charge >= 0.3 is 0 Å². The fourth-order valence-corrected chi connectivity index (χ4v) is 2.48. The van der Waals surface area contributed by atoms with Gasteiger partial charge in [-0.2, -0.15) is 0 Å². The number of hydrogen-bond acceptors (Lipinski definition) is 4. The second-order valence-corrected chi connectivity index (χ2v) is 4.68. The highest BCUT2D eigenvalue weighted by Gasteiger charge is 2.16. The first-order valence-corrected chi connectivity index (χ1v) is 5.96. The number of hydrogen-bond donors (Lipinski definition) is 1. The van der Waals surface area contributed by atoms with Gasteiger partial charge in [-0.15, -0.1) is 0 Å². The summed E-state index contributed by atoms with van der Waals surface area (Å²) >= 11 is 1.20. The number of aliphatic hydroxyl groups is 1. The number of aromatic nitrogens is 1. The Morgan fingerprint density at radius 2 is 2.24 bits per heavy atom. The number of rotatable bonds is 3. The van der Waals surface area contributed by atoms with Crippen LogP contribution in [0.15, 0.2) is 39.0 Å². The molecule has 1 aromatic carbocycles. The van der Waals surface area contributed by atoms with Gasteiger partial charge in [0.05, 0.1) is 11.8 Å². The Labute approximate surface area is 103 Å². The molecule has 1 N–H and O–H groups in total. The molecule has 1 atom stereocenters. The van der Waals surface area contributed by atoms with Gasteiger partial charge in [0.1, 0.15) is 12.1 Å². The molecule has 0 saturated carbocycles. The first-order valence-electron chi connectivity index (χ1n) is 5.14. The van der Waals surface area contributed by atoms with Crippen molar-refractivity contribution in [3.63, 3.8) is 0 Å². The van der Waals surface area contributed by atoms with Crippen molar-refractivity contribution >= 4 is 11.8 Å². The summed E-state index contributed by atoms with van der Waals surface area (Å²) in [6, 6.07) is 4.65. The van der Waals surface area contributed by atoms with Crippen molar-refractivity contribution < 1.29 is 13.9 Å². The lowest BCUT2D eigenvalue weighted by Crippen LogP contribution is -1.98. The summed E-state index contributed by atoms with van der Waals surface area (Å²) in [4.78, 5) is 4.74. The molecule has 0 fully saturated rings. The molecule has 90 valence electrons. The lowest BCUT2D eigenvalue weighted by Gasteiger charge is -2.10. The minimum Gasteiger partial charge on any atom is -0.439 e. The van der Waals surface area contributed by atoms with Crippen LogP contribution in [0.1, 0.15) is 24.3 Å². The summed E-state index contributed by atoms with van der Waals surface area (Å²) in [5, 5.41) is 10.0. The van der Waals surface area contributed by atoms with Gasteiger partial charge in [-0.25, -0.2) is 9.37 Å². The van der Waals surface area contributed by atoms with Crippen LogP contribution < -0.4 is 0 Å². The average molecular weight is 253 g/mol. The molecule has 0 spiro atoms. The van der Waals surface area contributed by atoms with Crippen molar-refractivity contribution in [3.8, 4) is 0 Å². The van der Waals surface area contributed by atoms with E-state index in [0.717, 1.165) is 5.69 Å². The lowest BCUT2D eigenvalue weighted by molar-refractivity contribution is 0.191. The van der Waals surface area contributed by atoms with E-state index in [4.69, 9.17) is 4.42 Å². The third-order valence-corrected chi connectivity index (χ3v) is 3.16. The normalized spacial score (nSPS) is 12.7. The zero-order valence-corrected chi connectivity index (χ0v) is 10.3. The highest BCUT2D eigenvalue weighted by Crippen LogP contribution is 2.34. The third kappa shape index (κ3) is 2.68. The molecule has 0 saturated heterocycles. The summed E-state index contributed by atoms with van der Waals surface area (Å²) in [5.74, 6) is -0.423. The second-order valence-electron chi connectivity index (χ2n) is 3.68. The Kier molecular flexibility index (Phi) is 3.49. The smallest absolute Gasteiger partial charge is 0.260 e. The standard InChI is InChI=1S/C12H12FNO2S/c1-7-6-16-12(14-7)17-10-5-3-4-9(13)11(10)8(2)15/h3-6,8,15H,1-2H3/t8-/m0/s1. The van der Waals surface area contributed by atoms with E-state index in [0.29, 0.717) is 10.1 Å². The predicted octanol–water partition coefficient (Wildman–Crippen LogP) is 3.33. The number of aryl methyl sites for hydroxylation is 1. The average Bonchev–Trinajstić information content (AvgIpc) is 2.63. The van der Waals surface area contributed by atoms with Crippen LogP contribution in [0.25, 0.3) is 0 Å². The van der Waals surface area contributed by atoms with E-state index in [1.165, 1.54) is 31.0 Å². The van der Waals surface area contributed by atoms with Gasteiger partial charge in [-0.05, 0) is 37.7 Å². The molecule has 0 unspecified atom stereocenters. The summed E-state index contributed by atoms with van der Waals surface area (Å²) in [5.41, 5.74) is 1.04. The molecule has 5 heteroatoms. The monoisotopic (exact) mass is 253 g/mol. The zero-order valence-electron chi connectivity index (χ0n) is 9.48. The van der Waals surface area contributed by atoms with E-state index < -0.39 is 11.9 Å². The van der Waals surface area contributed by atoms with Crippen LogP contribution >= 0.6 is 11.8 Å². The molecule has 1 heterocycles. The molecule has 2 rings (SSSR count). The van der Waals surface area contributed by atoms with Crippen molar-refractivity contribution in [1.82, 2.24) is 4.98 Å². The summed E-state index contributed by atoms with van der Waals surface area (Å²) < 4.78 is 18.8. The maximum atomic E-state index is 13.6. The van der Waals surface area contributed by atoms with E-state index in [9.17, 15) is 9.50 Å². The Balaban J connectivity index is 2.35. The van der Waals surface area contributed by atoms with Crippen LogP contribution in [-0.4, -0.2) is 10.1 Å². The van der Waals surface area contributed by atoms with Crippen LogP contribution in [0, 0.1) is 12.7 Å². The Morgan fingerprint density at radius 3 is 2.82 bits per heavy atom. The van der Waals surface area contributed by atoms with Crippen molar-refractivity contribution in [1.29, 1.82) is 0 Å². The van der Waals surface area contributed by atoms with Crippen LogP contribution in [-0.2, 0) is 0 Å². The SMILES string of the molecule is Cc1coc(Sc2cccc(F)c2[C@H](C)O)n1. The molecule has 0 aliphatic carbocycles. The molecule has 2 aromatic rings. The molecular formula is C12H12FNO2S. The molecule has 0 aliphatic rings. The maximum Gasteiger partial charge on any atom is 0.260 e. The number of aliphatic hydroxyl groups excluding tert-OH is 1. The molecule has 3 nitrogen and oxygen atoms in total. The summed E-state index contributed by atoms with van der Waals surface area (Å²) in [6.07, 6.45) is 0.665. The van der Waals surface area contributed by atoms with Crippen molar-refractivity contribution in [3.05, 3.63) is 41.5 Å². The van der Waals surface area contributed by atoms with Crippen molar-refractivity contribution in [2.45, 2.75) is 30.1 Å². The van der Waals surface area contributed by atoms with Crippen LogP contribution in [0.4, 0.5) is 4.39 Å². The molecular weight excluding hydrogens is 241 g/mol. The topological polar surface area (TPSA) is 46.3 Å². The van der Waals surface area contributed by atoms with Gasteiger partial charge < -0.3 is 9.52 Å². The van der Waals surface area contributed by atoms with Gasteiger partial charge in [-0.3, -0.25) is 0 Å². The largest absolute Gasteiger partial charge is 0.439 e. The van der Waals surface area contributed by atoms with Gasteiger partial charge in [0.2, 0.25) is 0 Å². The Bertz CT molecular complexity index is 525. The Morgan fingerprint density at radius 1 is 1.47 bits per heavy atom. The zero-order chi connectivity index (χ0) is 12.4. The number of nitrogens with zero attached hydrogens (tertiary/aromatic N) is 1. The molecule has 0 bridgehead atoms. The molecule has 17 heavy (non-hydrogen) atoms. The highest BCUT2D eigenvalue weighted by atomic mass is 32.2. The van der Waals surface area contributed by atoms with Gasteiger partial charge in [0.25, 0.3) is 5.22 Å². The fourth-order valence-electron chi connectivity index (χ4n) is 1.48. The highest BCUT2D eigenvalue weighted by molar-refractivity contribution is 7.99. The summed E-state index contributed by atoms with van der Waals surface area (Å²) in [7, 11) is 0. The van der Waals surface area contributed by atoms with E-state index in [1.54, 1.807) is 12.1 Å². The second kappa shape index (κ2) is 4.89. The van der Waals surface area contributed by atoms with E-state index in [-0.39, 0.29) is 5.56 Å².